The molecule has 1 aromatic rings. The van der Waals surface area contributed by atoms with E-state index in [-0.39, 0.29) is 11.9 Å². The van der Waals surface area contributed by atoms with E-state index in [9.17, 15) is 4.79 Å². The highest BCUT2D eigenvalue weighted by atomic mass is 35.5. The molecule has 1 amide bonds. The van der Waals surface area contributed by atoms with Gasteiger partial charge in [-0.1, -0.05) is 11.6 Å². The van der Waals surface area contributed by atoms with Gasteiger partial charge in [0.15, 0.2) is 0 Å². The maximum atomic E-state index is 11.0. The molecule has 1 atom stereocenters. The molecule has 4 N–H and O–H groups in total. The van der Waals surface area contributed by atoms with Crippen molar-refractivity contribution in [3.63, 3.8) is 0 Å². The Morgan fingerprint density at radius 2 is 2.25 bits per heavy atom. The molecule has 6 heteroatoms. The lowest BCUT2D eigenvalue weighted by Gasteiger charge is -2.19. The molecule has 0 aliphatic heterocycles. The van der Waals surface area contributed by atoms with Crippen LogP contribution in [0.1, 0.15) is 19.8 Å². The molecule has 5 nitrogen and oxygen atoms in total. The van der Waals surface area contributed by atoms with Crippen LogP contribution < -0.4 is 16.4 Å². The van der Waals surface area contributed by atoms with Crippen LogP contribution in [-0.4, -0.2) is 32.2 Å². The number of benzene rings is 1. The smallest absolute Gasteiger partial charge is 0.221 e. The van der Waals surface area contributed by atoms with Crippen LogP contribution in [-0.2, 0) is 9.53 Å². The van der Waals surface area contributed by atoms with Crippen LogP contribution in [0.15, 0.2) is 18.2 Å². The number of carbonyl (C=O) groups excluding carboxylic acids is 1. The summed E-state index contributed by atoms with van der Waals surface area (Å²) >= 11 is 6.13. The van der Waals surface area contributed by atoms with Crippen molar-refractivity contribution in [2.45, 2.75) is 25.8 Å². The fourth-order valence-corrected chi connectivity index (χ4v) is 2.12. The second-order valence-corrected chi connectivity index (χ2v) is 5.01. The molecule has 112 valence electrons. The van der Waals surface area contributed by atoms with E-state index in [4.69, 9.17) is 22.1 Å². The molecule has 0 aliphatic carbocycles. The van der Waals surface area contributed by atoms with Crippen molar-refractivity contribution in [1.82, 2.24) is 0 Å². The van der Waals surface area contributed by atoms with Crippen molar-refractivity contribution in [3.8, 4) is 0 Å². The van der Waals surface area contributed by atoms with Crippen LogP contribution in [0.2, 0.25) is 5.02 Å². The van der Waals surface area contributed by atoms with Gasteiger partial charge in [-0.2, -0.15) is 0 Å². The Bertz CT molecular complexity index is 440. The molecule has 0 heterocycles. The predicted molar refractivity (Wildman–Crippen MR) is 83.3 cm³/mol. The standard InChI is InChI=1S/C14H22ClN3O2/c1-10(19)17-14-6-5-11(8-13(14)15)18-12(9-20-2)4-3-7-16/h5-6,8,12,18H,3-4,7,9,16H2,1-2H3,(H,17,19). The Kier molecular flexibility index (Phi) is 7.36. The van der Waals surface area contributed by atoms with E-state index in [1.54, 1.807) is 19.2 Å². The zero-order valence-electron chi connectivity index (χ0n) is 11.9. The van der Waals surface area contributed by atoms with Crippen molar-refractivity contribution in [3.05, 3.63) is 23.2 Å². The summed E-state index contributed by atoms with van der Waals surface area (Å²) in [5.41, 5.74) is 7.03. The second-order valence-electron chi connectivity index (χ2n) is 4.60. The van der Waals surface area contributed by atoms with Gasteiger partial charge in [-0.25, -0.2) is 0 Å². The van der Waals surface area contributed by atoms with Gasteiger partial charge in [0.2, 0.25) is 5.91 Å². The Hall–Kier alpha value is -1.30. The SMILES string of the molecule is COCC(CCCN)Nc1ccc(NC(C)=O)c(Cl)c1. The molecule has 0 aromatic heterocycles. The molecule has 0 spiro atoms. The largest absolute Gasteiger partial charge is 0.383 e. The maximum Gasteiger partial charge on any atom is 0.221 e. The minimum atomic E-state index is -0.146. The first-order valence-electron chi connectivity index (χ1n) is 6.59. The Morgan fingerprint density at radius 1 is 1.50 bits per heavy atom. The minimum absolute atomic E-state index is 0.146. The highest BCUT2D eigenvalue weighted by molar-refractivity contribution is 6.34. The van der Waals surface area contributed by atoms with Gasteiger partial charge in [0.05, 0.1) is 17.3 Å². The number of hydrogen-bond acceptors (Lipinski definition) is 4. The number of rotatable bonds is 8. The van der Waals surface area contributed by atoms with E-state index in [0.29, 0.717) is 23.9 Å². The molecular weight excluding hydrogens is 278 g/mol. The van der Waals surface area contributed by atoms with Gasteiger partial charge in [0.1, 0.15) is 0 Å². The minimum Gasteiger partial charge on any atom is -0.383 e. The van der Waals surface area contributed by atoms with Crippen molar-refractivity contribution < 1.29 is 9.53 Å². The van der Waals surface area contributed by atoms with Crippen LogP contribution >= 0.6 is 11.6 Å². The molecule has 1 aromatic carbocycles. The number of nitrogens with two attached hydrogens (primary N) is 1. The molecule has 0 radical (unpaired) electrons. The Labute approximate surface area is 124 Å². The summed E-state index contributed by atoms with van der Waals surface area (Å²) in [6.45, 7) is 2.71. The third-order valence-electron chi connectivity index (χ3n) is 2.78. The first-order valence-corrected chi connectivity index (χ1v) is 6.97. The number of carbonyl (C=O) groups is 1. The average Bonchev–Trinajstić information content (AvgIpc) is 2.39. The molecule has 20 heavy (non-hydrogen) atoms. The lowest BCUT2D eigenvalue weighted by atomic mass is 10.1. The van der Waals surface area contributed by atoms with Gasteiger partial charge in [0, 0.05) is 25.8 Å². The molecule has 0 bridgehead atoms. The molecule has 1 rings (SSSR count). The lowest BCUT2D eigenvalue weighted by Crippen LogP contribution is -2.25. The zero-order valence-corrected chi connectivity index (χ0v) is 12.7. The first kappa shape index (κ1) is 16.8. The highest BCUT2D eigenvalue weighted by Crippen LogP contribution is 2.26. The van der Waals surface area contributed by atoms with Crippen LogP contribution in [0.3, 0.4) is 0 Å². The van der Waals surface area contributed by atoms with Gasteiger partial charge in [-0.15, -0.1) is 0 Å². The fraction of sp³-hybridized carbons (Fsp3) is 0.500. The molecule has 0 aliphatic rings. The van der Waals surface area contributed by atoms with Crippen molar-refractivity contribution in [2.24, 2.45) is 5.73 Å². The van der Waals surface area contributed by atoms with Crippen molar-refractivity contribution in [1.29, 1.82) is 0 Å². The van der Waals surface area contributed by atoms with E-state index in [2.05, 4.69) is 10.6 Å². The summed E-state index contributed by atoms with van der Waals surface area (Å²) in [5, 5.41) is 6.53. The summed E-state index contributed by atoms with van der Waals surface area (Å²) in [6.07, 6.45) is 1.86. The third kappa shape index (κ3) is 5.77. The summed E-state index contributed by atoms with van der Waals surface area (Å²) in [5.74, 6) is -0.146. The molecule has 0 saturated heterocycles. The normalized spacial score (nSPS) is 12.0. The van der Waals surface area contributed by atoms with Gasteiger partial charge in [-0.3, -0.25) is 4.79 Å². The van der Waals surface area contributed by atoms with Crippen LogP contribution in [0, 0.1) is 0 Å². The predicted octanol–water partition coefficient (Wildman–Crippen LogP) is 2.46. The molecule has 0 saturated carbocycles. The van der Waals surface area contributed by atoms with Crippen molar-refractivity contribution >= 4 is 28.9 Å². The number of anilines is 2. The summed E-state index contributed by atoms with van der Waals surface area (Å²) < 4.78 is 5.19. The Morgan fingerprint density at radius 3 is 2.80 bits per heavy atom. The zero-order chi connectivity index (χ0) is 15.0. The highest BCUT2D eigenvalue weighted by Gasteiger charge is 2.09. The number of hydrogen-bond donors (Lipinski definition) is 3. The van der Waals surface area contributed by atoms with Crippen LogP contribution in [0.5, 0.6) is 0 Å². The van der Waals surface area contributed by atoms with Crippen LogP contribution in [0.25, 0.3) is 0 Å². The molecular formula is C14H22ClN3O2. The third-order valence-corrected chi connectivity index (χ3v) is 3.09. The second kappa shape index (κ2) is 8.79. The molecule has 0 fully saturated rings. The van der Waals surface area contributed by atoms with Gasteiger partial charge < -0.3 is 21.1 Å². The number of amides is 1. The van der Waals surface area contributed by atoms with Crippen molar-refractivity contribution in [2.75, 3.05) is 30.9 Å². The number of nitrogens with one attached hydrogen (secondary N) is 2. The van der Waals surface area contributed by atoms with Gasteiger partial charge >= 0.3 is 0 Å². The van der Waals surface area contributed by atoms with Gasteiger partial charge in [0.25, 0.3) is 0 Å². The fourth-order valence-electron chi connectivity index (χ4n) is 1.89. The van der Waals surface area contributed by atoms with E-state index in [0.717, 1.165) is 18.5 Å². The maximum absolute atomic E-state index is 11.0. The first-order chi connectivity index (χ1) is 9.56. The lowest BCUT2D eigenvalue weighted by molar-refractivity contribution is -0.114. The quantitative estimate of drug-likeness (QED) is 0.689. The Balaban J connectivity index is 2.70. The average molecular weight is 300 g/mol. The van der Waals surface area contributed by atoms with E-state index < -0.39 is 0 Å². The number of ether oxygens (including phenoxy) is 1. The summed E-state index contributed by atoms with van der Waals surface area (Å²) in [7, 11) is 1.67. The topological polar surface area (TPSA) is 76.4 Å². The van der Waals surface area contributed by atoms with E-state index in [1.165, 1.54) is 6.92 Å². The van der Waals surface area contributed by atoms with Crippen LogP contribution in [0.4, 0.5) is 11.4 Å². The number of halogens is 1. The summed E-state index contributed by atoms with van der Waals surface area (Å²) in [4.78, 5) is 11.0. The molecule has 1 unspecified atom stereocenters. The van der Waals surface area contributed by atoms with E-state index >= 15 is 0 Å². The monoisotopic (exact) mass is 299 g/mol. The van der Waals surface area contributed by atoms with E-state index in [1.807, 2.05) is 6.07 Å². The van der Waals surface area contributed by atoms with Gasteiger partial charge in [-0.05, 0) is 37.6 Å². The summed E-state index contributed by atoms with van der Waals surface area (Å²) in [6, 6.07) is 5.63. The number of methoxy groups -OCH3 is 1.